The molecule has 0 saturated heterocycles. The SMILES string of the molecule is CCOc1cccc(C(C)(C)CC(C)O)c1. The summed E-state index contributed by atoms with van der Waals surface area (Å²) < 4.78 is 5.48. The average Bonchev–Trinajstić information content (AvgIpc) is 2.16. The summed E-state index contributed by atoms with van der Waals surface area (Å²) in [5, 5.41) is 9.49. The summed E-state index contributed by atoms with van der Waals surface area (Å²) in [5.41, 5.74) is 1.18. The Balaban J connectivity index is 2.89. The van der Waals surface area contributed by atoms with Crippen molar-refractivity contribution in [1.29, 1.82) is 0 Å². The summed E-state index contributed by atoms with van der Waals surface area (Å²) in [6.45, 7) is 8.78. The monoisotopic (exact) mass is 222 g/mol. The van der Waals surface area contributed by atoms with Crippen LogP contribution in [-0.2, 0) is 5.41 Å². The van der Waals surface area contributed by atoms with Gasteiger partial charge in [-0.15, -0.1) is 0 Å². The smallest absolute Gasteiger partial charge is 0.119 e. The minimum atomic E-state index is -0.286. The van der Waals surface area contributed by atoms with Gasteiger partial charge in [0.15, 0.2) is 0 Å². The van der Waals surface area contributed by atoms with Gasteiger partial charge in [0, 0.05) is 0 Å². The van der Waals surface area contributed by atoms with E-state index >= 15 is 0 Å². The fraction of sp³-hybridized carbons (Fsp3) is 0.571. The summed E-state index contributed by atoms with van der Waals surface area (Å²) in [6.07, 6.45) is 0.466. The lowest BCUT2D eigenvalue weighted by molar-refractivity contribution is 0.156. The molecule has 90 valence electrons. The van der Waals surface area contributed by atoms with Crippen molar-refractivity contribution in [3.8, 4) is 5.75 Å². The van der Waals surface area contributed by atoms with Gasteiger partial charge in [-0.3, -0.25) is 0 Å². The number of hydrogen-bond donors (Lipinski definition) is 1. The molecule has 1 rings (SSSR count). The molecule has 0 aliphatic rings. The van der Waals surface area contributed by atoms with E-state index in [-0.39, 0.29) is 11.5 Å². The molecule has 2 nitrogen and oxygen atoms in total. The molecule has 0 aliphatic carbocycles. The van der Waals surface area contributed by atoms with Crippen molar-refractivity contribution < 1.29 is 9.84 Å². The summed E-state index contributed by atoms with van der Waals surface area (Å²) in [4.78, 5) is 0. The Kier molecular flexibility index (Phi) is 4.36. The Bertz CT molecular complexity index is 329. The molecule has 0 radical (unpaired) electrons. The zero-order valence-electron chi connectivity index (χ0n) is 10.7. The fourth-order valence-electron chi connectivity index (χ4n) is 2.03. The standard InChI is InChI=1S/C14H22O2/c1-5-16-13-8-6-7-12(9-13)14(3,4)10-11(2)15/h6-9,11,15H,5,10H2,1-4H3. The first kappa shape index (κ1) is 13.0. The number of hydrogen-bond acceptors (Lipinski definition) is 2. The largest absolute Gasteiger partial charge is 0.494 e. The van der Waals surface area contributed by atoms with E-state index in [0.29, 0.717) is 6.61 Å². The van der Waals surface area contributed by atoms with Crippen molar-refractivity contribution >= 4 is 0 Å². The molecule has 1 unspecified atom stereocenters. The second kappa shape index (κ2) is 5.35. The van der Waals surface area contributed by atoms with Gasteiger partial charge in [-0.25, -0.2) is 0 Å². The third kappa shape index (κ3) is 3.53. The van der Waals surface area contributed by atoms with Gasteiger partial charge in [0.2, 0.25) is 0 Å². The maximum Gasteiger partial charge on any atom is 0.119 e. The number of aliphatic hydroxyl groups excluding tert-OH is 1. The van der Waals surface area contributed by atoms with Crippen molar-refractivity contribution in [2.24, 2.45) is 0 Å². The van der Waals surface area contributed by atoms with E-state index in [1.165, 1.54) is 5.56 Å². The normalized spacial score (nSPS) is 13.6. The molecule has 0 aromatic heterocycles. The second-order valence-electron chi connectivity index (χ2n) is 4.90. The fourth-order valence-corrected chi connectivity index (χ4v) is 2.03. The molecule has 0 saturated carbocycles. The van der Waals surface area contributed by atoms with Gasteiger partial charge in [-0.2, -0.15) is 0 Å². The molecule has 0 spiro atoms. The summed E-state index contributed by atoms with van der Waals surface area (Å²) in [7, 11) is 0. The topological polar surface area (TPSA) is 29.5 Å². The lowest BCUT2D eigenvalue weighted by Gasteiger charge is -2.27. The first-order valence-electron chi connectivity index (χ1n) is 5.87. The van der Waals surface area contributed by atoms with Crippen molar-refractivity contribution in [1.82, 2.24) is 0 Å². The van der Waals surface area contributed by atoms with Gasteiger partial charge in [-0.05, 0) is 43.4 Å². The Hall–Kier alpha value is -1.02. The van der Waals surface area contributed by atoms with Crippen LogP contribution in [0, 0.1) is 0 Å². The van der Waals surface area contributed by atoms with Crippen molar-refractivity contribution in [3.63, 3.8) is 0 Å². The molecule has 0 heterocycles. The molecule has 2 heteroatoms. The van der Waals surface area contributed by atoms with Gasteiger partial charge in [0.25, 0.3) is 0 Å². The molecular formula is C14H22O2. The van der Waals surface area contributed by atoms with Gasteiger partial charge >= 0.3 is 0 Å². The van der Waals surface area contributed by atoms with Gasteiger partial charge in [0.1, 0.15) is 5.75 Å². The molecule has 1 atom stereocenters. The summed E-state index contributed by atoms with van der Waals surface area (Å²) >= 11 is 0. The third-order valence-corrected chi connectivity index (χ3v) is 2.73. The van der Waals surface area contributed by atoms with E-state index in [9.17, 15) is 5.11 Å². The van der Waals surface area contributed by atoms with Crippen molar-refractivity contribution in [2.75, 3.05) is 6.61 Å². The summed E-state index contributed by atoms with van der Waals surface area (Å²) in [5.74, 6) is 0.902. The molecular weight excluding hydrogens is 200 g/mol. The molecule has 1 aromatic rings. The zero-order chi connectivity index (χ0) is 12.2. The third-order valence-electron chi connectivity index (χ3n) is 2.73. The van der Waals surface area contributed by atoms with E-state index in [1.54, 1.807) is 0 Å². The first-order chi connectivity index (χ1) is 7.45. The van der Waals surface area contributed by atoms with Gasteiger partial charge in [0.05, 0.1) is 12.7 Å². The van der Waals surface area contributed by atoms with Crippen LogP contribution >= 0.6 is 0 Å². The first-order valence-corrected chi connectivity index (χ1v) is 5.87. The highest BCUT2D eigenvalue weighted by Gasteiger charge is 2.22. The van der Waals surface area contributed by atoms with Crippen LogP contribution in [0.5, 0.6) is 5.75 Å². The van der Waals surface area contributed by atoms with Gasteiger partial charge < -0.3 is 9.84 Å². The Morgan fingerprint density at radius 2 is 2.06 bits per heavy atom. The maximum atomic E-state index is 9.49. The number of ether oxygens (including phenoxy) is 1. The molecule has 16 heavy (non-hydrogen) atoms. The maximum absolute atomic E-state index is 9.49. The number of benzene rings is 1. The Morgan fingerprint density at radius 3 is 2.62 bits per heavy atom. The van der Waals surface area contributed by atoms with E-state index in [0.717, 1.165) is 12.2 Å². The minimum absolute atomic E-state index is 0.0265. The molecule has 1 N–H and O–H groups in total. The van der Waals surface area contributed by atoms with Crippen LogP contribution in [0.3, 0.4) is 0 Å². The van der Waals surface area contributed by atoms with E-state index < -0.39 is 0 Å². The van der Waals surface area contributed by atoms with Crippen LogP contribution < -0.4 is 4.74 Å². The molecule has 0 aliphatic heterocycles. The predicted octanol–water partition coefficient (Wildman–Crippen LogP) is 3.13. The summed E-state index contributed by atoms with van der Waals surface area (Å²) in [6, 6.07) is 8.12. The highest BCUT2D eigenvalue weighted by molar-refractivity contribution is 5.33. The van der Waals surface area contributed by atoms with Crippen LogP contribution in [0.4, 0.5) is 0 Å². The van der Waals surface area contributed by atoms with E-state index in [1.807, 2.05) is 26.0 Å². The van der Waals surface area contributed by atoms with Crippen LogP contribution in [0.15, 0.2) is 24.3 Å². The number of aliphatic hydroxyl groups is 1. The Morgan fingerprint density at radius 1 is 1.38 bits per heavy atom. The lowest BCUT2D eigenvalue weighted by Crippen LogP contribution is -2.22. The lowest BCUT2D eigenvalue weighted by atomic mass is 9.80. The van der Waals surface area contributed by atoms with Crippen LogP contribution in [0.25, 0.3) is 0 Å². The quantitative estimate of drug-likeness (QED) is 0.829. The number of rotatable bonds is 5. The molecule has 0 bridgehead atoms. The molecule has 1 aromatic carbocycles. The molecule has 0 fully saturated rings. The van der Waals surface area contributed by atoms with E-state index in [2.05, 4.69) is 26.0 Å². The Labute approximate surface area is 98.3 Å². The molecule has 0 amide bonds. The van der Waals surface area contributed by atoms with Gasteiger partial charge in [-0.1, -0.05) is 26.0 Å². The minimum Gasteiger partial charge on any atom is -0.494 e. The zero-order valence-corrected chi connectivity index (χ0v) is 10.7. The van der Waals surface area contributed by atoms with Crippen molar-refractivity contribution in [3.05, 3.63) is 29.8 Å². The average molecular weight is 222 g/mol. The van der Waals surface area contributed by atoms with Crippen molar-refractivity contribution in [2.45, 2.75) is 45.6 Å². The predicted molar refractivity (Wildman–Crippen MR) is 66.9 cm³/mol. The highest BCUT2D eigenvalue weighted by Crippen LogP contribution is 2.30. The van der Waals surface area contributed by atoms with Crippen LogP contribution in [-0.4, -0.2) is 17.8 Å². The van der Waals surface area contributed by atoms with Crippen LogP contribution in [0.2, 0.25) is 0 Å². The van der Waals surface area contributed by atoms with Crippen LogP contribution in [0.1, 0.15) is 39.7 Å². The van der Waals surface area contributed by atoms with E-state index in [4.69, 9.17) is 4.74 Å². The highest BCUT2D eigenvalue weighted by atomic mass is 16.5. The second-order valence-corrected chi connectivity index (χ2v) is 4.90.